The molecule has 4 rings (SSSR count). The van der Waals surface area contributed by atoms with Gasteiger partial charge in [-0.25, -0.2) is 9.97 Å². The van der Waals surface area contributed by atoms with E-state index in [-0.39, 0.29) is 0 Å². The molecular weight excluding hydrogens is 288 g/mol. The Balaban J connectivity index is 1.83. The fraction of sp³-hybridized carbons (Fsp3) is 0.294. The lowest BCUT2D eigenvalue weighted by atomic mass is 10.1. The highest BCUT2D eigenvalue weighted by Gasteiger charge is 2.22. The molecule has 23 heavy (non-hydrogen) atoms. The highest BCUT2D eigenvalue weighted by atomic mass is 15.2. The van der Waals surface area contributed by atoms with E-state index >= 15 is 0 Å². The first-order valence-electron chi connectivity index (χ1n) is 7.97. The maximum atomic E-state index is 6.16. The van der Waals surface area contributed by atoms with E-state index in [2.05, 4.69) is 43.4 Å². The third-order valence-corrected chi connectivity index (χ3v) is 4.37. The van der Waals surface area contributed by atoms with Crippen LogP contribution in [0.15, 0.2) is 42.7 Å². The monoisotopic (exact) mass is 308 g/mol. The Labute approximate surface area is 134 Å². The minimum absolute atomic E-state index is 0.397. The quantitative estimate of drug-likeness (QED) is 0.693. The lowest BCUT2D eigenvalue weighted by Crippen LogP contribution is -2.29. The number of hydrogen-bond donors (Lipinski definition) is 3. The predicted molar refractivity (Wildman–Crippen MR) is 92.8 cm³/mol. The van der Waals surface area contributed by atoms with Crippen molar-refractivity contribution in [3.8, 4) is 0 Å². The number of nitrogens with two attached hydrogens (primary N) is 1. The highest BCUT2D eigenvalue weighted by molar-refractivity contribution is 5.90. The van der Waals surface area contributed by atoms with Crippen LogP contribution < -0.4 is 16.4 Å². The number of aromatic nitrogens is 3. The zero-order chi connectivity index (χ0) is 15.6. The summed E-state index contributed by atoms with van der Waals surface area (Å²) in [4.78, 5) is 8.58. The summed E-state index contributed by atoms with van der Waals surface area (Å²) in [5.74, 6) is 1.56. The molecular formula is C17H20N6. The van der Waals surface area contributed by atoms with Gasteiger partial charge in [-0.15, -0.1) is 0 Å². The second-order valence-electron chi connectivity index (χ2n) is 5.86. The van der Waals surface area contributed by atoms with Gasteiger partial charge < -0.3 is 20.9 Å². The highest BCUT2D eigenvalue weighted by Crippen LogP contribution is 2.34. The topological polar surface area (TPSA) is 80.8 Å². The molecule has 1 fully saturated rings. The molecule has 0 unspecified atom stereocenters. The molecule has 0 atom stereocenters. The second kappa shape index (κ2) is 5.89. The molecule has 1 saturated heterocycles. The second-order valence-corrected chi connectivity index (χ2v) is 5.86. The molecule has 0 saturated carbocycles. The number of nitrogens with one attached hydrogen (secondary N) is 2. The Bertz CT molecular complexity index is 805. The predicted octanol–water partition coefficient (Wildman–Crippen LogP) is 2.68. The minimum Gasteiger partial charge on any atom is -0.382 e. The molecule has 4 N–H and O–H groups in total. The van der Waals surface area contributed by atoms with Gasteiger partial charge in [0.05, 0.1) is 5.52 Å². The number of para-hydroxylation sites is 1. The van der Waals surface area contributed by atoms with Gasteiger partial charge in [0.2, 0.25) is 0 Å². The summed E-state index contributed by atoms with van der Waals surface area (Å²) in [6.07, 6.45) is 3.67. The molecule has 0 amide bonds. The molecule has 1 aliphatic rings. The van der Waals surface area contributed by atoms with E-state index in [9.17, 15) is 0 Å². The van der Waals surface area contributed by atoms with Crippen molar-refractivity contribution in [1.29, 1.82) is 0 Å². The fourth-order valence-electron chi connectivity index (χ4n) is 3.29. The number of piperidine rings is 1. The van der Waals surface area contributed by atoms with Crippen LogP contribution in [0.5, 0.6) is 0 Å². The molecule has 6 heteroatoms. The normalized spacial score (nSPS) is 15.8. The van der Waals surface area contributed by atoms with Crippen LogP contribution in [-0.4, -0.2) is 27.6 Å². The zero-order valence-electron chi connectivity index (χ0n) is 12.9. The molecule has 2 aromatic heterocycles. The van der Waals surface area contributed by atoms with E-state index in [0.717, 1.165) is 48.5 Å². The van der Waals surface area contributed by atoms with Crippen molar-refractivity contribution in [2.75, 3.05) is 24.1 Å². The van der Waals surface area contributed by atoms with Gasteiger partial charge in [-0.1, -0.05) is 18.2 Å². The van der Waals surface area contributed by atoms with Gasteiger partial charge in [0, 0.05) is 17.8 Å². The van der Waals surface area contributed by atoms with E-state index < -0.39 is 0 Å². The zero-order valence-corrected chi connectivity index (χ0v) is 12.9. The van der Waals surface area contributed by atoms with Gasteiger partial charge in [0.25, 0.3) is 0 Å². The number of nitrogens with zero attached hydrogens (tertiary/aromatic N) is 3. The number of rotatable bonds is 3. The molecule has 3 aromatic rings. The SMILES string of the molecule is Nc1ncnc2cc(Nc3ccccc3)n(C3CCNCC3)c12. The van der Waals surface area contributed by atoms with Crippen molar-refractivity contribution in [2.45, 2.75) is 18.9 Å². The maximum Gasteiger partial charge on any atom is 0.151 e. The van der Waals surface area contributed by atoms with Crippen molar-refractivity contribution in [3.05, 3.63) is 42.7 Å². The maximum absolute atomic E-state index is 6.16. The Kier molecular flexibility index (Phi) is 3.59. The lowest BCUT2D eigenvalue weighted by molar-refractivity contribution is 0.379. The van der Waals surface area contributed by atoms with Gasteiger partial charge in [-0.2, -0.15) is 0 Å². The van der Waals surface area contributed by atoms with Crippen LogP contribution in [0, 0.1) is 0 Å². The van der Waals surface area contributed by atoms with E-state index in [4.69, 9.17) is 5.73 Å². The molecule has 0 aliphatic carbocycles. The average Bonchev–Trinajstić information content (AvgIpc) is 2.96. The number of anilines is 3. The molecule has 0 bridgehead atoms. The first-order valence-corrected chi connectivity index (χ1v) is 7.97. The van der Waals surface area contributed by atoms with E-state index in [1.54, 1.807) is 0 Å². The van der Waals surface area contributed by atoms with E-state index in [1.165, 1.54) is 6.33 Å². The van der Waals surface area contributed by atoms with Crippen molar-refractivity contribution < 1.29 is 0 Å². The number of benzene rings is 1. The first kappa shape index (κ1) is 14.0. The van der Waals surface area contributed by atoms with Crippen LogP contribution in [0.3, 0.4) is 0 Å². The van der Waals surface area contributed by atoms with E-state index in [0.29, 0.717) is 11.9 Å². The molecule has 6 nitrogen and oxygen atoms in total. The average molecular weight is 308 g/mol. The summed E-state index contributed by atoms with van der Waals surface area (Å²) in [6, 6.07) is 12.6. The Morgan fingerprint density at radius 2 is 1.91 bits per heavy atom. The van der Waals surface area contributed by atoms with Gasteiger partial charge in [0.15, 0.2) is 5.82 Å². The lowest BCUT2D eigenvalue weighted by Gasteiger charge is -2.27. The number of fused-ring (bicyclic) bond motifs is 1. The standard InChI is InChI=1S/C17H20N6/c18-17-16-14(20-11-21-17)10-15(22-12-4-2-1-3-5-12)23(16)13-6-8-19-9-7-13/h1-5,10-11,13,19,22H,6-9H2,(H2,18,20,21). The van der Waals surface area contributed by atoms with Crippen LogP contribution >= 0.6 is 0 Å². The Hall–Kier alpha value is -2.60. The summed E-state index contributed by atoms with van der Waals surface area (Å²) in [6.45, 7) is 2.03. The molecule has 0 radical (unpaired) electrons. The van der Waals surface area contributed by atoms with Crippen LogP contribution in [0.25, 0.3) is 11.0 Å². The van der Waals surface area contributed by atoms with Gasteiger partial charge in [0.1, 0.15) is 17.7 Å². The van der Waals surface area contributed by atoms with Crippen molar-refractivity contribution in [3.63, 3.8) is 0 Å². The molecule has 1 aliphatic heterocycles. The first-order chi connectivity index (χ1) is 11.3. The Morgan fingerprint density at radius 1 is 1.13 bits per heavy atom. The molecule has 118 valence electrons. The summed E-state index contributed by atoms with van der Waals surface area (Å²) in [5, 5.41) is 6.92. The smallest absolute Gasteiger partial charge is 0.151 e. The largest absolute Gasteiger partial charge is 0.382 e. The summed E-state index contributed by atoms with van der Waals surface area (Å²) in [5.41, 5.74) is 9.02. The van der Waals surface area contributed by atoms with E-state index in [1.807, 2.05) is 18.2 Å². The number of hydrogen-bond acceptors (Lipinski definition) is 5. The summed E-state index contributed by atoms with van der Waals surface area (Å²) >= 11 is 0. The molecule has 1 aromatic carbocycles. The van der Waals surface area contributed by atoms with Crippen molar-refractivity contribution in [2.24, 2.45) is 0 Å². The minimum atomic E-state index is 0.397. The third-order valence-electron chi connectivity index (χ3n) is 4.37. The van der Waals surface area contributed by atoms with Crippen LogP contribution in [0.2, 0.25) is 0 Å². The number of nitrogen functional groups attached to an aromatic ring is 1. The van der Waals surface area contributed by atoms with Gasteiger partial charge in [-0.3, -0.25) is 0 Å². The van der Waals surface area contributed by atoms with Gasteiger partial charge in [-0.05, 0) is 38.1 Å². The molecule has 0 spiro atoms. The fourth-order valence-corrected chi connectivity index (χ4v) is 3.29. The third kappa shape index (κ3) is 2.61. The van der Waals surface area contributed by atoms with Crippen molar-refractivity contribution >= 4 is 28.4 Å². The summed E-state index contributed by atoms with van der Waals surface area (Å²) in [7, 11) is 0. The van der Waals surface area contributed by atoms with Crippen LogP contribution in [-0.2, 0) is 0 Å². The molecule has 3 heterocycles. The van der Waals surface area contributed by atoms with Crippen LogP contribution in [0.1, 0.15) is 18.9 Å². The van der Waals surface area contributed by atoms with Crippen molar-refractivity contribution in [1.82, 2.24) is 19.9 Å². The summed E-state index contributed by atoms with van der Waals surface area (Å²) < 4.78 is 2.28. The Morgan fingerprint density at radius 3 is 2.70 bits per heavy atom. The van der Waals surface area contributed by atoms with Crippen LogP contribution in [0.4, 0.5) is 17.3 Å². The van der Waals surface area contributed by atoms with Gasteiger partial charge >= 0.3 is 0 Å².